The van der Waals surface area contributed by atoms with E-state index >= 15 is 0 Å². The predicted molar refractivity (Wildman–Crippen MR) is 53.6 cm³/mol. The summed E-state index contributed by atoms with van der Waals surface area (Å²) < 4.78 is 13.7. The van der Waals surface area contributed by atoms with E-state index in [4.69, 9.17) is 5.73 Å². The van der Waals surface area contributed by atoms with Gasteiger partial charge in [0.1, 0.15) is 5.82 Å². The molecule has 0 aromatic heterocycles. The van der Waals surface area contributed by atoms with Crippen molar-refractivity contribution >= 4 is 5.91 Å². The number of carbonyl (C=O) groups excluding carboxylic acids is 1. The van der Waals surface area contributed by atoms with Gasteiger partial charge in [0, 0.05) is 0 Å². The molecule has 1 amide bonds. The second-order valence-corrected chi connectivity index (χ2v) is 3.34. The minimum atomic E-state index is -0.708. The van der Waals surface area contributed by atoms with Crippen molar-refractivity contribution in [2.45, 2.75) is 26.7 Å². The van der Waals surface area contributed by atoms with Gasteiger partial charge in [0.05, 0.1) is 5.56 Å². The standard InChI is InChI=1S/C11H14FNO/c1-3-4-8-7(2)5-6-9(10(8)12)11(13)14/h5-6H,3-4H2,1-2H3,(H2,13,14). The number of amides is 1. The van der Waals surface area contributed by atoms with Crippen LogP contribution < -0.4 is 5.73 Å². The molecule has 0 aliphatic heterocycles. The molecule has 0 unspecified atom stereocenters. The second-order valence-electron chi connectivity index (χ2n) is 3.34. The van der Waals surface area contributed by atoms with Gasteiger partial charge in [-0.15, -0.1) is 0 Å². The molecule has 0 saturated carbocycles. The summed E-state index contributed by atoms with van der Waals surface area (Å²) in [5.41, 5.74) is 6.51. The van der Waals surface area contributed by atoms with Crippen molar-refractivity contribution in [1.82, 2.24) is 0 Å². The zero-order valence-electron chi connectivity index (χ0n) is 8.43. The van der Waals surface area contributed by atoms with Crippen molar-refractivity contribution in [3.05, 3.63) is 34.6 Å². The molecule has 76 valence electrons. The highest BCUT2D eigenvalue weighted by molar-refractivity contribution is 5.93. The Balaban J connectivity index is 3.26. The molecule has 2 N–H and O–H groups in total. The Hall–Kier alpha value is -1.38. The normalized spacial score (nSPS) is 10.2. The predicted octanol–water partition coefficient (Wildman–Crippen LogP) is 2.19. The Kier molecular flexibility index (Phi) is 3.23. The minimum absolute atomic E-state index is 0.0148. The molecule has 2 nitrogen and oxygen atoms in total. The first-order valence-corrected chi connectivity index (χ1v) is 4.65. The Morgan fingerprint density at radius 1 is 1.50 bits per heavy atom. The highest BCUT2D eigenvalue weighted by Gasteiger charge is 2.13. The van der Waals surface area contributed by atoms with Crippen molar-refractivity contribution in [3.63, 3.8) is 0 Å². The van der Waals surface area contributed by atoms with Crippen molar-refractivity contribution in [1.29, 1.82) is 0 Å². The van der Waals surface area contributed by atoms with Crippen LogP contribution in [0.5, 0.6) is 0 Å². The summed E-state index contributed by atoms with van der Waals surface area (Å²) in [6.07, 6.45) is 1.48. The molecule has 3 heteroatoms. The SMILES string of the molecule is CCCc1c(C)ccc(C(N)=O)c1F. The van der Waals surface area contributed by atoms with Crippen LogP contribution >= 0.6 is 0 Å². The summed E-state index contributed by atoms with van der Waals surface area (Å²) in [7, 11) is 0. The maximum atomic E-state index is 13.7. The number of benzene rings is 1. The van der Waals surface area contributed by atoms with E-state index in [0.717, 1.165) is 12.0 Å². The third kappa shape index (κ3) is 1.92. The first-order chi connectivity index (χ1) is 6.57. The number of halogens is 1. The van der Waals surface area contributed by atoms with E-state index in [-0.39, 0.29) is 5.56 Å². The minimum Gasteiger partial charge on any atom is -0.366 e. The molecule has 0 aliphatic carbocycles. The number of hydrogen-bond acceptors (Lipinski definition) is 1. The smallest absolute Gasteiger partial charge is 0.251 e. The van der Waals surface area contributed by atoms with Gasteiger partial charge in [0.25, 0.3) is 5.91 Å². The highest BCUT2D eigenvalue weighted by Crippen LogP contribution is 2.18. The van der Waals surface area contributed by atoms with E-state index in [1.165, 1.54) is 6.07 Å². The first-order valence-electron chi connectivity index (χ1n) is 4.65. The number of nitrogens with two attached hydrogens (primary N) is 1. The van der Waals surface area contributed by atoms with Gasteiger partial charge in [-0.2, -0.15) is 0 Å². The Morgan fingerprint density at radius 3 is 2.64 bits per heavy atom. The summed E-state index contributed by atoms with van der Waals surface area (Å²) in [6, 6.07) is 3.17. The van der Waals surface area contributed by atoms with E-state index in [2.05, 4.69) is 0 Å². The van der Waals surface area contributed by atoms with Crippen molar-refractivity contribution in [2.75, 3.05) is 0 Å². The van der Waals surface area contributed by atoms with Crippen LogP contribution in [0.4, 0.5) is 4.39 Å². The molecule has 0 spiro atoms. The zero-order valence-corrected chi connectivity index (χ0v) is 8.43. The van der Waals surface area contributed by atoms with Gasteiger partial charge in [-0.05, 0) is 30.5 Å². The molecule has 0 heterocycles. The molecule has 0 saturated heterocycles. The topological polar surface area (TPSA) is 43.1 Å². The maximum Gasteiger partial charge on any atom is 0.251 e. The Morgan fingerprint density at radius 2 is 2.14 bits per heavy atom. The maximum absolute atomic E-state index is 13.7. The molecular formula is C11H14FNO. The monoisotopic (exact) mass is 195 g/mol. The van der Waals surface area contributed by atoms with Crippen LogP contribution in [-0.2, 0) is 6.42 Å². The highest BCUT2D eigenvalue weighted by atomic mass is 19.1. The summed E-state index contributed by atoms with van der Waals surface area (Å²) in [5.74, 6) is -1.17. The molecular weight excluding hydrogens is 181 g/mol. The van der Waals surface area contributed by atoms with Gasteiger partial charge in [0.2, 0.25) is 0 Å². The van der Waals surface area contributed by atoms with Crippen molar-refractivity contribution < 1.29 is 9.18 Å². The lowest BCUT2D eigenvalue weighted by Gasteiger charge is -2.08. The Labute approximate surface area is 82.9 Å². The third-order valence-electron chi connectivity index (χ3n) is 2.24. The van der Waals surface area contributed by atoms with Gasteiger partial charge < -0.3 is 5.73 Å². The van der Waals surface area contributed by atoms with E-state index in [1.807, 2.05) is 13.8 Å². The van der Waals surface area contributed by atoms with Gasteiger partial charge >= 0.3 is 0 Å². The van der Waals surface area contributed by atoms with Crippen LogP contribution in [0, 0.1) is 12.7 Å². The van der Waals surface area contributed by atoms with Gasteiger partial charge in [-0.3, -0.25) is 4.79 Å². The lowest BCUT2D eigenvalue weighted by atomic mass is 10.00. The van der Waals surface area contributed by atoms with Crippen LogP contribution in [0.25, 0.3) is 0 Å². The number of rotatable bonds is 3. The van der Waals surface area contributed by atoms with Crippen molar-refractivity contribution in [2.24, 2.45) is 5.73 Å². The van der Waals surface area contributed by atoms with Crippen LogP contribution in [0.3, 0.4) is 0 Å². The summed E-state index contributed by atoms with van der Waals surface area (Å²) in [5, 5.41) is 0. The number of hydrogen-bond donors (Lipinski definition) is 1. The number of primary amides is 1. The van der Waals surface area contributed by atoms with E-state index in [0.29, 0.717) is 12.0 Å². The Bertz CT molecular complexity index is 361. The molecule has 0 fully saturated rings. The van der Waals surface area contributed by atoms with Crippen molar-refractivity contribution in [3.8, 4) is 0 Å². The molecule has 14 heavy (non-hydrogen) atoms. The molecule has 1 aromatic rings. The quantitative estimate of drug-likeness (QED) is 0.789. The molecule has 0 aliphatic rings. The first kappa shape index (κ1) is 10.7. The third-order valence-corrected chi connectivity index (χ3v) is 2.24. The van der Waals surface area contributed by atoms with E-state index < -0.39 is 11.7 Å². The van der Waals surface area contributed by atoms with Crippen LogP contribution in [0.2, 0.25) is 0 Å². The van der Waals surface area contributed by atoms with Crippen LogP contribution in [-0.4, -0.2) is 5.91 Å². The second kappa shape index (κ2) is 4.22. The summed E-state index contributed by atoms with van der Waals surface area (Å²) >= 11 is 0. The lowest BCUT2D eigenvalue weighted by molar-refractivity contribution is 0.0996. The van der Waals surface area contributed by atoms with Crippen LogP contribution in [0.15, 0.2) is 12.1 Å². The van der Waals surface area contributed by atoms with Crippen LogP contribution in [0.1, 0.15) is 34.8 Å². The lowest BCUT2D eigenvalue weighted by Crippen LogP contribution is -2.14. The van der Waals surface area contributed by atoms with Gasteiger partial charge in [0.15, 0.2) is 0 Å². The summed E-state index contributed by atoms with van der Waals surface area (Å²) in [6.45, 7) is 3.80. The summed E-state index contributed by atoms with van der Waals surface area (Å²) in [4.78, 5) is 10.9. The van der Waals surface area contributed by atoms with Gasteiger partial charge in [-0.25, -0.2) is 4.39 Å². The number of aryl methyl sites for hydroxylation is 1. The van der Waals surface area contributed by atoms with E-state index in [1.54, 1.807) is 6.07 Å². The largest absolute Gasteiger partial charge is 0.366 e. The fraction of sp³-hybridized carbons (Fsp3) is 0.364. The fourth-order valence-electron chi connectivity index (χ4n) is 1.46. The average Bonchev–Trinajstić information content (AvgIpc) is 2.11. The zero-order chi connectivity index (χ0) is 10.7. The van der Waals surface area contributed by atoms with E-state index in [9.17, 15) is 9.18 Å². The molecule has 0 bridgehead atoms. The number of carbonyl (C=O) groups is 1. The average molecular weight is 195 g/mol. The van der Waals surface area contributed by atoms with Gasteiger partial charge in [-0.1, -0.05) is 19.4 Å². The fourth-order valence-corrected chi connectivity index (χ4v) is 1.46. The molecule has 0 radical (unpaired) electrons. The molecule has 0 atom stereocenters. The molecule has 1 rings (SSSR count). The molecule has 1 aromatic carbocycles.